The summed E-state index contributed by atoms with van der Waals surface area (Å²) in [6, 6.07) is 6.85. The molecule has 0 amide bonds. The van der Waals surface area contributed by atoms with Gasteiger partial charge in [0.25, 0.3) is 0 Å². The zero-order valence-corrected chi connectivity index (χ0v) is 11.3. The number of sulfonamides is 1. The molecule has 0 heterocycles. The summed E-state index contributed by atoms with van der Waals surface area (Å²) >= 11 is 0. The third-order valence-electron chi connectivity index (χ3n) is 2.42. The molecule has 0 saturated heterocycles. The Bertz CT molecular complexity index is 452. The molecule has 96 valence electrons. The minimum Gasteiger partial charge on any atom is -0.383 e. The first kappa shape index (κ1) is 14.0. The molecular formula is C12H20N2O2S. The van der Waals surface area contributed by atoms with E-state index in [0.717, 1.165) is 12.1 Å². The lowest BCUT2D eigenvalue weighted by atomic mass is 10.1. The van der Waals surface area contributed by atoms with E-state index < -0.39 is 10.0 Å². The Morgan fingerprint density at radius 2 is 1.71 bits per heavy atom. The maximum Gasteiger partial charge on any atom is 0.238 e. The molecule has 1 rings (SSSR count). The third-order valence-corrected chi connectivity index (χ3v) is 3.35. The van der Waals surface area contributed by atoms with Gasteiger partial charge in [-0.1, -0.05) is 13.8 Å². The van der Waals surface area contributed by atoms with Crippen molar-refractivity contribution in [1.29, 1.82) is 0 Å². The Kier molecular flexibility index (Phi) is 4.54. The van der Waals surface area contributed by atoms with Crippen LogP contribution in [0.5, 0.6) is 0 Å². The van der Waals surface area contributed by atoms with Crippen LogP contribution in [0.1, 0.15) is 27.2 Å². The summed E-state index contributed by atoms with van der Waals surface area (Å²) < 4.78 is 22.1. The number of nitrogens with one attached hydrogen (secondary N) is 1. The lowest BCUT2D eigenvalue weighted by molar-refractivity contribution is 0.540. The number of benzene rings is 1. The molecule has 0 bridgehead atoms. The van der Waals surface area contributed by atoms with Crippen LogP contribution in [0.4, 0.5) is 5.69 Å². The summed E-state index contributed by atoms with van der Waals surface area (Å²) in [5.41, 5.74) is 0.908. The van der Waals surface area contributed by atoms with Gasteiger partial charge >= 0.3 is 0 Å². The van der Waals surface area contributed by atoms with Crippen LogP contribution < -0.4 is 10.5 Å². The highest BCUT2D eigenvalue weighted by molar-refractivity contribution is 7.89. The van der Waals surface area contributed by atoms with Crippen molar-refractivity contribution in [2.45, 2.75) is 38.1 Å². The molecule has 4 nitrogen and oxygen atoms in total. The number of hydrogen-bond donors (Lipinski definition) is 2. The van der Waals surface area contributed by atoms with Gasteiger partial charge in [-0.3, -0.25) is 0 Å². The van der Waals surface area contributed by atoms with Crippen LogP contribution >= 0.6 is 0 Å². The van der Waals surface area contributed by atoms with Crippen LogP contribution in [0, 0.1) is 5.92 Å². The molecule has 1 unspecified atom stereocenters. The molecule has 3 N–H and O–H groups in total. The molecule has 5 heteroatoms. The van der Waals surface area contributed by atoms with Gasteiger partial charge in [0.1, 0.15) is 0 Å². The molecule has 0 aliphatic carbocycles. The van der Waals surface area contributed by atoms with Gasteiger partial charge in [-0.25, -0.2) is 13.6 Å². The number of nitrogens with two attached hydrogens (primary N) is 1. The zero-order chi connectivity index (χ0) is 13.1. The molecule has 0 spiro atoms. The zero-order valence-electron chi connectivity index (χ0n) is 10.5. The van der Waals surface area contributed by atoms with Crippen LogP contribution in [-0.2, 0) is 10.0 Å². The quantitative estimate of drug-likeness (QED) is 0.848. The molecule has 1 aromatic carbocycles. The Hall–Kier alpha value is -1.07. The molecule has 0 fully saturated rings. The monoisotopic (exact) mass is 256 g/mol. The van der Waals surface area contributed by atoms with Crippen molar-refractivity contribution in [3.05, 3.63) is 24.3 Å². The minimum absolute atomic E-state index is 0.138. The van der Waals surface area contributed by atoms with Gasteiger partial charge in [0, 0.05) is 11.7 Å². The van der Waals surface area contributed by atoms with Gasteiger partial charge in [0.15, 0.2) is 0 Å². The smallest absolute Gasteiger partial charge is 0.238 e. The van der Waals surface area contributed by atoms with Crippen molar-refractivity contribution in [3.63, 3.8) is 0 Å². The van der Waals surface area contributed by atoms with Gasteiger partial charge in [0.05, 0.1) is 4.90 Å². The van der Waals surface area contributed by atoms with Crippen molar-refractivity contribution >= 4 is 15.7 Å². The van der Waals surface area contributed by atoms with Gasteiger partial charge in [-0.2, -0.15) is 0 Å². The van der Waals surface area contributed by atoms with E-state index >= 15 is 0 Å². The van der Waals surface area contributed by atoms with Gasteiger partial charge in [0.2, 0.25) is 10.0 Å². The largest absolute Gasteiger partial charge is 0.383 e. The molecule has 0 radical (unpaired) electrons. The summed E-state index contributed by atoms with van der Waals surface area (Å²) in [6.45, 7) is 6.44. The first-order valence-corrected chi connectivity index (χ1v) is 7.23. The van der Waals surface area contributed by atoms with Crippen molar-refractivity contribution < 1.29 is 8.42 Å². The molecule has 0 aliphatic heterocycles. The maximum absolute atomic E-state index is 11.1. The highest BCUT2D eigenvalue weighted by atomic mass is 32.2. The first-order chi connectivity index (χ1) is 7.79. The van der Waals surface area contributed by atoms with Crippen molar-refractivity contribution in [1.82, 2.24) is 0 Å². The topological polar surface area (TPSA) is 72.2 Å². The van der Waals surface area contributed by atoms with Crippen molar-refractivity contribution in [2.24, 2.45) is 11.1 Å². The molecular weight excluding hydrogens is 236 g/mol. The van der Waals surface area contributed by atoms with E-state index in [2.05, 4.69) is 26.1 Å². The molecule has 0 aliphatic rings. The summed E-state index contributed by atoms with van der Waals surface area (Å²) in [7, 11) is -3.59. The van der Waals surface area contributed by atoms with Gasteiger partial charge < -0.3 is 5.32 Å². The lowest BCUT2D eigenvalue weighted by Gasteiger charge is -2.17. The Labute approximate surface area is 103 Å². The number of anilines is 1. The molecule has 1 aromatic rings. The van der Waals surface area contributed by atoms with Crippen LogP contribution in [0.25, 0.3) is 0 Å². The fourth-order valence-corrected chi connectivity index (χ4v) is 2.31. The third kappa shape index (κ3) is 4.75. The Morgan fingerprint density at radius 1 is 1.18 bits per heavy atom. The second-order valence-corrected chi connectivity index (χ2v) is 6.31. The fraction of sp³-hybridized carbons (Fsp3) is 0.500. The van der Waals surface area contributed by atoms with Crippen molar-refractivity contribution in [2.75, 3.05) is 5.32 Å². The van der Waals surface area contributed by atoms with E-state index in [1.807, 2.05) is 0 Å². The molecule has 17 heavy (non-hydrogen) atoms. The Balaban J connectivity index is 2.69. The second-order valence-electron chi connectivity index (χ2n) is 4.74. The number of rotatable bonds is 5. The highest BCUT2D eigenvalue weighted by Gasteiger charge is 2.08. The predicted molar refractivity (Wildman–Crippen MR) is 70.4 cm³/mol. The van der Waals surface area contributed by atoms with Gasteiger partial charge in [-0.05, 0) is 43.5 Å². The van der Waals surface area contributed by atoms with E-state index in [-0.39, 0.29) is 4.90 Å². The van der Waals surface area contributed by atoms with Crippen molar-refractivity contribution in [3.8, 4) is 0 Å². The average molecular weight is 256 g/mol. The maximum atomic E-state index is 11.1. The van der Waals surface area contributed by atoms with E-state index in [0.29, 0.717) is 12.0 Å². The molecule has 0 aromatic heterocycles. The molecule has 1 atom stereocenters. The van der Waals surface area contributed by atoms with Crippen LogP contribution in [0.2, 0.25) is 0 Å². The standard InChI is InChI=1S/C12H20N2O2S/c1-9(2)8-10(3)14-11-4-6-12(7-5-11)17(13,15)16/h4-7,9-10,14H,8H2,1-3H3,(H2,13,15,16). The fourth-order valence-electron chi connectivity index (χ4n) is 1.79. The van der Waals surface area contributed by atoms with E-state index in [9.17, 15) is 8.42 Å². The summed E-state index contributed by atoms with van der Waals surface area (Å²) in [5, 5.41) is 8.34. The highest BCUT2D eigenvalue weighted by Crippen LogP contribution is 2.15. The molecule has 0 saturated carbocycles. The SMILES string of the molecule is CC(C)CC(C)Nc1ccc(S(N)(=O)=O)cc1. The number of primary sulfonamides is 1. The first-order valence-electron chi connectivity index (χ1n) is 5.68. The summed E-state index contributed by atoms with van der Waals surface area (Å²) in [4.78, 5) is 0.138. The van der Waals surface area contributed by atoms with Crippen LogP contribution in [0.3, 0.4) is 0 Å². The second kappa shape index (κ2) is 5.51. The Morgan fingerprint density at radius 3 is 2.12 bits per heavy atom. The van der Waals surface area contributed by atoms with E-state index in [4.69, 9.17) is 5.14 Å². The van der Waals surface area contributed by atoms with E-state index in [1.165, 1.54) is 12.1 Å². The summed E-state index contributed by atoms with van der Waals surface area (Å²) in [6.07, 6.45) is 1.07. The van der Waals surface area contributed by atoms with Crippen LogP contribution in [-0.4, -0.2) is 14.5 Å². The van der Waals surface area contributed by atoms with Gasteiger partial charge in [-0.15, -0.1) is 0 Å². The van der Waals surface area contributed by atoms with Crippen LogP contribution in [0.15, 0.2) is 29.2 Å². The predicted octanol–water partition coefficient (Wildman–Crippen LogP) is 2.18. The summed E-state index contributed by atoms with van der Waals surface area (Å²) in [5.74, 6) is 0.626. The number of hydrogen-bond acceptors (Lipinski definition) is 3. The normalized spacial score (nSPS) is 13.7. The average Bonchev–Trinajstić information content (AvgIpc) is 2.15. The van der Waals surface area contributed by atoms with E-state index in [1.54, 1.807) is 12.1 Å². The minimum atomic E-state index is -3.59. The lowest BCUT2D eigenvalue weighted by Crippen LogP contribution is -2.17.